The molecule has 1 aromatic heterocycles. The molecule has 0 bridgehead atoms. The summed E-state index contributed by atoms with van der Waals surface area (Å²) in [5.74, 6) is 0. The van der Waals surface area contributed by atoms with E-state index in [0.717, 1.165) is 17.9 Å². The van der Waals surface area contributed by atoms with E-state index < -0.39 is 0 Å². The largest absolute Gasteiger partial charge is 0.346 e. The molecule has 84 valence electrons. The monoisotopic (exact) mass is 234 g/mol. The van der Waals surface area contributed by atoms with Gasteiger partial charge in [-0.25, -0.2) is 0 Å². The van der Waals surface area contributed by atoms with E-state index >= 15 is 0 Å². The number of hydrogen-bond acceptors (Lipinski definition) is 1. The second kappa shape index (κ2) is 3.51. The van der Waals surface area contributed by atoms with Gasteiger partial charge in [-0.2, -0.15) is 0 Å². The molecule has 0 aliphatic heterocycles. The van der Waals surface area contributed by atoms with Gasteiger partial charge in [0.2, 0.25) is 0 Å². The lowest BCUT2D eigenvalue weighted by molar-refractivity contribution is 0.585. The van der Waals surface area contributed by atoms with Crippen molar-refractivity contribution < 1.29 is 0 Å². The Kier molecular flexibility index (Phi) is 2.23. The number of aryl methyl sites for hydroxylation is 1. The van der Waals surface area contributed by atoms with Crippen molar-refractivity contribution in [2.75, 3.05) is 7.05 Å². The standard InChI is InChI=1S/C13H15ClN2/c1-15-8-6-10-9-4-3-5-11(14)13(9)16(2)12(10)7-8/h3-5,8,15H,6-7H2,1-2H3. The number of para-hydroxylation sites is 1. The fourth-order valence-electron chi connectivity index (χ4n) is 2.84. The molecule has 1 unspecified atom stereocenters. The van der Waals surface area contributed by atoms with Crippen LogP contribution in [0, 0.1) is 0 Å². The van der Waals surface area contributed by atoms with Gasteiger partial charge in [-0.3, -0.25) is 0 Å². The normalized spacial score (nSPS) is 19.3. The van der Waals surface area contributed by atoms with Crippen molar-refractivity contribution in [2.45, 2.75) is 18.9 Å². The van der Waals surface area contributed by atoms with Crippen molar-refractivity contribution >= 4 is 22.5 Å². The van der Waals surface area contributed by atoms with Crippen molar-refractivity contribution in [3.63, 3.8) is 0 Å². The third-order valence-electron chi connectivity index (χ3n) is 3.70. The highest BCUT2D eigenvalue weighted by Gasteiger charge is 2.26. The first-order valence-corrected chi connectivity index (χ1v) is 6.02. The Labute approximate surface area is 100 Å². The maximum absolute atomic E-state index is 6.26. The minimum atomic E-state index is 0.583. The quantitative estimate of drug-likeness (QED) is 0.803. The lowest BCUT2D eigenvalue weighted by Crippen LogP contribution is -2.25. The van der Waals surface area contributed by atoms with Crippen molar-refractivity contribution in [3.05, 3.63) is 34.5 Å². The van der Waals surface area contributed by atoms with Gasteiger partial charge in [0.15, 0.2) is 0 Å². The number of benzene rings is 1. The van der Waals surface area contributed by atoms with Gasteiger partial charge in [0, 0.05) is 30.6 Å². The zero-order valence-corrected chi connectivity index (χ0v) is 10.3. The summed E-state index contributed by atoms with van der Waals surface area (Å²) < 4.78 is 2.25. The lowest BCUT2D eigenvalue weighted by atomic mass is 10.1. The molecule has 3 heteroatoms. The predicted octanol–water partition coefficient (Wildman–Crippen LogP) is 2.52. The van der Waals surface area contributed by atoms with Crippen molar-refractivity contribution in [1.29, 1.82) is 0 Å². The van der Waals surface area contributed by atoms with Crippen LogP contribution in [0.25, 0.3) is 10.9 Å². The van der Waals surface area contributed by atoms with Crippen LogP contribution in [0.2, 0.25) is 5.02 Å². The van der Waals surface area contributed by atoms with E-state index in [9.17, 15) is 0 Å². The molecule has 0 spiro atoms. The van der Waals surface area contributed by atoms with E-state index in [4.69, 9.17) is 11.6 Å². The number of halogens is 1. The summed E-state index contributed by atoms with van der Waals surface area (Å²) in [7, 11) is 4.15. The van der Waals surface area contributed by atoms with Gasteiger partial charge in [0.25, 0.3) is 0 Å². The number of rotatable bonds is 1. The maximum atomic E-state index is 6.26. The summed E-state index contributed by atoms with van der Waals surface area (Å²) in [6.45, 7) is 0. The average molecular weight is 235 g/mol. The highest BCUT2D eigenvalue weighted by Crippen LogP contribution is 2.35. The third kappa shape index (κ3) is 1.23. The molecule has 1 atom stereocenters. The van der Waals surface area contributed by atoms with Crippen LogP contribution in [0.5, 0.6) is 0 Å². The maximum Gasteiger partial charge on any atom is 0.0672 e. The van der Waals surface area contributed by atoms with Gasteiger partial charge >= 0.3 is 0 Å². The van der Waals surface area contributed by atoms with Crippen LogP contribution in [0.3, 0.4) is 0 Å². The number of nitrogens with one attached hydrogen (secondary N) is 1. The second-order valence-electron chi connectivity index (χ2n) is 4.51. The summed E-state index contributed by atoms with van der Waals surface area (Å²) in [6, 6.07) is 6.77. The first-order chi connectivity index (χ1) is 7.72. The van der Waals surface area contributed by atoms with E-state index in [1.807, 2.05) is 19.2 Å². The molecular weight excluding hydrogens is 220 g/mol. The summed E-state index contributed by atoms with van der Waals surface area (Å²) in [6.07, 6.45) is 2.22. The summed E-state index contributed by atoms with van der Waals surface area (Å²) >= 11 is 6.26. The van der Waals surface area contributed by atoms with Gasteiger partial charge in [0.05, 0.1) is 10.5 Å². The van der Waals surface area contributed by atoms with Gasteiger partial charge < -0.3 is 9.88 Å². The smallest absolute Gasteiger partial charge is 0.0672 e. The zero-order chi connectivity index (χ0) is 11.3. The fourth-order valence-corrected chi connectivity index (χ4v) is 3.14. The van der Waals surface area contributed by atoms with Gasteiger partial charge in [-0.1, -0.05) is 23.7 Å². The Hall–Kier alpha value is -0.990. The molecule has 0 amide bonds. The Bertz CT molecular complexity index is 557. The van der Waals surface area contributed by atoms with E-state index in [-0.39, 0.29) is 0 Å². The zero-order valence-electron chi connectivity index (χ0n) is 9.55. The Morgan fingerprint density at radius 1 is 1.38 bits per heavy atom. The Morgan fingerprint density at radius 2 is 2.19 bits per heavy atom. The van der Waals surface area contributed by atoms with Crippen LogP contribution in [0.4, 0.5) is 0 Å². The van der Waals surface area contributed by atoms with Gasteiger partial charge in [0.1, 0.15) is 0 Å². The van der Waals surface area contributed by atoms with Crippen molar-refractivity contribution in [1.82, 2.24) is 9.88 Å². The van der Waals surface area contributed by atoms with E-state index in [1.165, 1.54) is 22.2 Å². The number of hydrogen-bond donors (Lipinski definition) is 1. The molecule has 1 aliphatic carbocycles. The molecule has 1 N–H and O–H groups in total. The number of likely N-dealkylation sites (N-methyl/N-ethyl adjacent to an activating group) is 1. The molecule has 2 aromatic rings. The molecule has 0 saturated carbocycles. The first-order valence-electron chi connectivity index (χ1n) is 5.64. The van der Waals surface area contributed by atoms with Gasteiger partial charge in [-0.15, -0.1) is 0 Å². The molecule has 2 nitrogen and oxygen atoms in total. The highest BCUT2D eigenvalue weighted by atomic mass is 35.5. The molecule has 0 radical (unpaired) electrons. The van der Waals surface area contributed by atoms with E-state index in [0.29, 0.717) is 6.04 Å². The number of nitrogens with zero attached hydrogens (tertiary/aromatic N) is 1. The Morgan fingerprint density at radius 3 is 2.94 bits per heavy atom. The van der Waals surface area contributed by atoms with Crippen LogP contribution < -0.4 is 5.32 Å². The second-order valence-corrected chi connectivity index (χ2v) is 4.92. The molecule has 1 aromatic carbocycles. The molecule has 0 fully saturated rings. The topological polar surface area (TPSA) is 17.0 Å². The number of fused-ring (bicyclic) bond motifs is 3. The molecule has 1 heterocycles. The molecule has 16 heavy (non-hydrogen) atoms. The summed E-state index contributed by atoms with van der Waals surface area (Å²) in [5, 5.41) is 5.54. The highest BCUT2D eigenvalue weighted by molar-refractivity contribution is 6.35. The fraction of sp³-hybridized carbons (Fsp3) is 0.385. The molecule has 1 aliphatic rings. The lowest BCUT2D eigenvalue weighted by Gasteiger charge is -2.09. The minimum Gasteiger partial charge on any atom is -0.346 e. The third-order valence-corrected chi connectivity index (χ3v) is 4.00. The molecular formula is C13H15ClN2. The van der Waals surface area contributed by atoms with Crippen LogP contribution >= 0.6 is 11.6 Å². The Balaban J connectivity index is 2.28. The number of aromatic nitrogens is 1. The van der Waals surface area contributed by atoms with Crippen molar-refractivity contribution in [3.8, 4) is 0 Å². The van der Waals surface area contributed by atoms with E-state index in [2.05, 4.69) is 23.0 Å². The van der Waals surface area contributed by atoms with Crippen molar-refractivity contribution in [2.24, 2.45) is 7.05 Å². The minimum absolute atomic E-state index is 0.583. The van der Waals surface area contributed by atoms with Crippen LogP contribution in [-0.4, -0.2) is 17.7 Å². The average Bonchev–Trinajstić information content (AvgIpc) is 2.80. The summed E-state index contributed by atoms with van der Waals surface area (Å²) in [4.78, 5) is 0. The summed E-state index contributed by atoms with van der Waals surface area (Å²) in [5.41, 5.74) is 4.09. The van der Waals surface area contributed by atoms with Gasteiger partial charge in [-0.05, 0) is 25.1 Å². The molecule has 3 rings (SSSR count). The molecule has 0 saturated heterocycles. The van der Waals surface area contributed by atoms with Crippen LogP contribution in [0.15, 0.2) is 18.2 Å². The predicted molar refractivity (Wildman–Crippen MR) is 68.2 cm³/mol. The SMILES string of the molecule is CNC1Cc2c(n(C)c3c(Cl)cccc23)C1. The van der Waals surface area contributed by atoms with Crippen LogP contribution in [0.1, 0.15) is 11.3 Å². The van der Waals surface area contributed by atoms with Crippen LogP contribution in [-0.2, 0) is 19.9 Å². The van der Waals surface area contributed by atoms with E-state index in [1.54, 1.807) is 0 Å². The first kappa shape index (κ1) is 10.2.